The molecule has 1 aliphatic heterocycles. The molecule has 0 spiro atoms. The minimum atomic E-state index is -3.85. The zero-order chi connectivity index (χ0) is 17.1. The normalized spacial score (nSPS) is 16.0. The third-order valence-corrected chi connectivity index (χ3v) is 5.94. The molecule has 1 amide bonds. The number of rotatable bonds is 7. The minimum absolute atomic E-state index is 0.0397. The fourth-order valence-electron chi connectivity index (χ4n) is 2.31. The van der Waals surface area contributed by atoms with Crippen LogP contribution >= 0.6 is 0 Å². The van der Waals surface area contributed by atoms with Gasteiger partial charge >= 0.3 is 0 Å². The maximum Gasteiger partial charge on any atom is 0.240 e. The second-order valence-corrected chi connectivity index (χ2v) is 8.58. The van der Waals surface area contributed by atoms with Crippen molar-refractivity contribution >= 4 is 26.0 Å². The van der Waals surface area contributed by atoms with Gasteiger partial charge in [0.05, 0.1) is 9.79 Å². The van der Waals surface area contributed by atoms with Crippen LogP contribution in [-0.4, -0.2) is 47.3 Å². The topological polar surface area (TPSA) is 127 Å². The third-order valence-electron chi connectivity index (χ3n) is 3.53. The molecule has 0 atom stereocenters. The van der Waals surface area contributed by atoms with Gasteiger partial charge in [0.2, 0.25) is 26.0 Å². The Balaban J connectivity index is 1.90. The number of sulfonamides is 2. The summed E-state index contributed by atoms with van der Waals surface area (Å²) in [4.78, 5) is 13.0. The number of carbonyl (C=O) groups excluding carboxylic acids is 1. The standard InChI is InChI=1S/C13H19N3O5S2/c14-22(18,19)11-4-6-12(7-5-11)23(20,21)15-8-2-10-16-9-1-3-13(16)17/h4-7,15H,1-3,8-10H2,(H2,14,18,19). The van der Waals surface area contributed by atoms with Crippen LogP contribution in [0.3, 0.4) is 0 Å². The van der Waals surface area contributed by atoms with Crippen LogP contribution in [0.1, 0.15) is 19.3 Å². The lowest BCUT2D eigenvalue weighted by atomic mass is 10.4. The molecule has 1 aliphatic rings. The summed E-state index contributed by atoms with van der Waals surface area (Å²) in [6, 6.07) is 4.66. The first-order valence-electron chi connectivity index (χ1n) is 7.10. The molecule has 128 valence electrons. The van der Waals surface area contributed by atoms with Crippen LogP contribution in [-0.2, 0) is 24.8 Å². The van der Waals surface area contributed by atoms with Crippen LogP contribution in [0.4, 0.5) is 0 Å². The number of carbonyl (C=O) groups is 1. The summed E-state index contributed by atoms with van der Waals surface area (Å²) in [5.74, 6) is 0.103. The number of hydrogen-bond acceptors (Lipinski definition) is 5. The maximum absolute atomic E-state index is 12.1. The van der Waals surface area contributed by atoms with Gasteiger partial charge in [0.25, 0.3) is 0 Å². The molecule has 0 aromatic heterocycles. The van der Waals surface area contributed by atoms with E-state index in [1.165, 1.54) is 12.1 Å². The van der Waals surface area contributed by atoms with Crippen molar-refractivity contribution in [3.63, 3.8) is 0 Å². The van der Waals surface area contributed by atoms with Gasteiger partial charge in [-0.05, 0) is 37.1 Å². The number of likely N-dealkylation sites (tertiary alicyclic amines) is 1. The highest BCUT2D eigenvalue weighted by atomic mass is 32.2. The van der Waals surface area contributed by atoms with Crippen LogP contribution in [0, 0.1) is 0 Å². The van der Waals surface area contributed by atoms with Gasteiger partial charge in [0, 0.05) is 26.1 Å². The van der Waals surface area contributed by atoms with Gasteiger partial charge < -0.3 is 4.90 Å². The molecule has 1 fully saturated rings. The van der Waals surface area contributed by atoms with Crippen LogP contribution in [0.5, 0.6) is 0 Å². The van der Waals surface area contributed by atoms with Gasteiger partial charge in [-0.15, -0.1) is 0 Å². The highest BCUT2D eigenvalue weighted by Crippen LogP contribution is 2.13. The number of hydrogen-bond donors (Lipinski definition) is 2. The summed E-state index contributed by atoms with van der Waals surface area (Å²) in [5, 5.41) is 4.96. The fraction of sp³-hybridized carbons (Fsp3) is 0.462. The van der Waals surface area contributed by atoms with E-state index in [0.717, 1.165) is 25.1 Å². The smallest absolute Gasteiger partial charge is 0.240 e. The largest absolute Gasteiger partial charge is 0.343 e. The Bertz CT molecular complexity index is 772. The molecule has 0 bridgehead atoms. The number of primary sulfonamides is 1. The van der Waals surface area contributed by atoms with E-state index in [4.69, 9.17) is 5.14 Å². The average molecular weight is 361 g/mol. The zero-order valence-corrected chi connectivity index (χ0v) is 14.1. The lowest BCUT2D eigenvalue weighted by molar-refractivity contribution is -0.127. The molecule has 1 aromatic rings. The van der Waals surface area contributed by atoms with E-state index in [0.29, 0.717) is 19.4 Å². The van der Waals surface area contributed by atoms with Crippen molar-refractivity contribution in [2.24, 2.45) is 5.14 Å². The number of nitrogens with two attached hydrogens (primary N) is 1. The van der Waals surface area contributed by atoms with E-state index in [1.54, 1.807) is 4.90 Å². The van der Waals surface area contributed by atoms with Gasteiger partial charge in [-0.25, -0.2) is 26.7 Å². The van der Waals surface area contributed by atoms with Gasteiger partial charge in [-0.2, -0.15) is 0 Å². The molecule has 10 heteroatoms. The van der Waals surface area contributed by atoms with E-state index >= 15 is 0 Å². The summed E-state index contributed by atoms with van der Waals surface area (Å²) in [5.41, 5.74) is 0. The molecule has 1 saturated heterocycles. The predicted octanol–water partition coefficient (Wildman–Crippen LogP) is -0.375. The summed E-state index contributed by atoms with van der Waals surface area (Å²) >= 11 is 0. The van der Waals surface area contributed by atoms with E-state index in [-0.39, 0.29) is 22.2 Å². The molecule has 2 rings (SSSR count). The average Bonchev–Trinajstić information content (AvgIpc) is 2.88. The third kappa shape index (κ3) is 4.74. The zero-order valence-electron chi connectivity index (χ0n) is 12.4. The summed E-state index contributed by atoms with van der Waals surface area (Å²) in [6.07, 6.45) is 1.92. The first-order chi connectivity index (χ1) is 10.7. The Morgan fingerprint density at radius 1 is 1.09 bits per heavy atom. The molecule has 0 saturated carbocycles. The SMILES string of the molecule is NS(=O)(=O)c1ccc(S(=O)(=O)NCCCN2CCCC2=O)cc1. The molecule has 0 radical (unpaired) electrons. The van der Waals surface area contributed by atoms with Crippen LogP contribution in [0.2, 0.25) is 0 Å². The van der Waals surface area contributed by atoms with Crippen molar-refractivity contribution in [2.45, 2.75) is 29.1 Å². The molecular formula is C13H19N3O5S2. The quantitative estimate of drug-likeness (QED) is 0.640. The Hall–Kier alpha value is -1.49. The first-order valence-corrected chi connectivity index (χ1v) is 10.1. The predicted molar refractivity (Wildman–Crippen MR) is 83.4 cm³/mol. The highest BCUT2D eigenvalue weighted by Gasteiger charge is 2.20. The van der Waals surface area contributed by atoms with Crippen LogP contribution in [0.15, 0.2) is 34.1 Å². The Morgan fingerprint density at radius 3 is 2.22 bits per heavy atom. The molecule has 1 aromatic carbocycles. The van der Waals surface area contributed by atoms with Crippen LogP contribution < -0.4 is 9.86 Å². The summed E-state index contributed by atoms with van der Waals surface area (Å²) < 4.78 is 48.9. The first kappa shape index (κ1) is 17.9. The van der Waals surface area contributed by atoms with E-state index in [1.807, 2.05) is 0 Å². The number of benzene rings is 1. The molecule has 3 N–H and O–H groups in total. The van der Waals surface area contributed by atoms with Crippen molar-refractivity contribution in [1.82, 2.24) is 9.62 Å². The lowest BCUT2D eigenvalue weighted by Crippen LogP contribution is -2.30. The van der Waals surface area contributed by atoms with E-state index < -0.39 is 20.0 Å². The van der Waals surface area contributed by atoms with Gasteiger partial charge in [0.1, 0.15) is 0 Å². The molecule has 0 aliphatic carbocycles. The molecule has 8 nitrogen and oxygen atoms in total. The number of nitrogens with zero attached hydrogens (tertiary/aromatic N) is 1. The fourth-order valence-corrected chi connectivity index (χ4v) is 3.90. The number of amides is 1. The van der Waals surface area contributed by atoms with Crippen LogP contribution in [0.25, 0.3) is 0 Å². The second-order valence-electron chi connectivity index (χ2n) is 5.25. The Kier molecular flexibility index (Phi) is 5.40. The molecule has 23 heavy (non-hydrogen) atoms. The molecule has 1 heterocycles. The Morgan fingerprint density at radius 2 is 1.70 bits per heavy atom. The molecular weight excluding hydrogens is 342 g/mol. The molecule has 0 unspecified atom stereocenters. The summed E-state index contributed by atoms with van der Waals surface area (Å²) in [7, 11) is -7.57. The van der Waals surface area contributed by atoms with Gasteiger partial charge in [-0.1, -0.05) is 0 Å². The van der Waals surface area contributed by atoms with E-state index in [2.05, 4.69) is 4.72 Å². The van der Waals surface area contributed by atoms with Crippen molar-refractivity contribution in [1.29, 1.82) is 0 Å². The summed E-state index contributed by atoms with van der Waals surface area (Å²) in [6.45, 7) is 1.44. The monoisotopic (exact) mass is 361 g/mol. The van der Waals surface area contributed by atoms with Crippen molar-refractivity contribution in [2.75, 3.05) is 19.6 Å². The Labute approximate surface area is 135 Å². The van der Waals surface area contributed by atoms with E-state index in [9.17, 15) is 21.6 Å². The van der Waals surface area contributed by atoms with Gasteiger partial charge in [0.15, 0.2) is 0 Å². The minimum Gasteiger partial charge on any atom is -0.343 e. The van der Waals surface area contributed by atoms with Crippen molar-refractivity contribution in [3.05, 3.63) is 24.3 Å². The van der Waals surface area contributed by atoms with Gasteiger partial charge in [-0.3, -0.25) is 4.79 Å². The lowest BCUT2D eigenvalue weighted by Gasteiger charge is -2.15. The number of nitrogens with one attached hydrogen (secondary N) is 1. The van der Waals surface area contributed by atoms with Crippen molar-refractivity contribution < 1.29 is 21.6 Å². The highest BCUT2D eigenvalue weighted by molar-refractivity contribution is 7.89. The maximum atomic E-state index is 12.1. The van der Waals surface area contributed by atoms with Crippen molar-refractivity contribution in [3.8, 4) is 0 Å². The second kappa shape index (κ2) is 6.95.